The van der Waals surface area contributed by atoms with Crippen molar-refractivity contribution in [1.29, 1.82) is 5.41 Å². The second-order valence-corrected chi connectivity index (χ2v) is 4.98. The fourth-order valence-electron chi connectivity index (χ4n) is 2.14. The molecule has 0 aromatic heterocycles. The van der Waals surface area contributed by atoms with Crippen LogP contribution >= 0.6 is 11.6 Å². The Kier molecular flexibility index (Phi) is 5.36. The molecule has 0 saturated carbocycles. The number of amides is 1. The fraction of sp³-hybridized carbons (Fsp3) is 0.333. The maximum atomic E-state index is 11.6. The first-order valence-corrected chi connectivity index (χ1v) is 7.22. The van der Waals surface area contributed by atoms with Gasteiger partial charge in [-0.3, -0.25) is 10.7 Å². The van der Waals surface area contributed by atoms with Gasteiger partial charge in [0, 0.05) is 12.1 Å². The lowest BCUT2D eigenvalue weighted by molar-refractivity contribution is 0.168. The van der Waals surface area contributed by atoms with E-state index in [1.54, 1.807) is 25.1 Å². The molecule has 0 fully saturated rings. The molecule has 1 aromatic carbocycles. The molecular weight excluding hydrogens is 290 g/mol. The van der Waals surface area contributed by atoms with Gasteiger partial charge in [-0.1, -0.05) is 29.8 Å². The Bertz CT molecular complexity index is 584. The molecule has 1 aliphatic rings. The van der Waals surface area contributed by atoms with Crippen molar-refractivity contribution in [1.82, 2.24) is 5.32 Å². The molecule has 0 saturated heterocycles. The molecule has 3 N–H and O–H groups in total. The molecule has 0 bridgehead atoms. The molecule has 0 radical (unpaired) electrons. The zero-order valence-electron chi connectivity index (χ0n) is 11.8. The van der Waals surface area contributed by atoms with E-state index in [4.69, 9.17) is 21.7 Å². The van der Waals surface area contributed by atoms with Crippen LogP contribution in [-0.4, -0.2) is 31.5 Å². The molecule has 0 aliphatic carbocycles. The molecule has 1 heterocycles. The molecule has 0 atom stereocenters. The monoisotopic (exact) mass is 307 g/mol. The third kappa shape index (κ3) is 3.83. The Morgan fingerprint density at radius 3 is 3.00 bits per heavy atom. The van der Waals surface area contributed by atoms with E-state index in [1.165, 1.54) is 0 Å². The number of para-hydroxylation sites is 1. The summed E-state index contributed by atoms with van der Waals surface area (Å²) in [6, 6.07) is 5.21. The van der Waals surface area contributed by atoms with Crippen LogP contribution in [0.1, 0.15) is 18.9 Å². The molecule has 21 heavy (non-hydrogen) atoms. The number of rotatable bonds is 4. The largest absolute Gasteiger partial charge is 0.450 e. The highest BCUT2D eigenvalue weighted by Crippen LogP contribution is 2.28. The van der Waals surface area contributed by atoms with Gasteiger partial charge in [0.15, 0.2) is 0 Å². The number of carbonyl (C=O) groups is 1. The highest BCUT2D eigenvalue weighted by atomic mass is 35.5. The van der Waals surface area contributed by atoms with Crippen molar-refractivity contribution >= 4 is 29.1 Å². The lowest BCUT2D eigenvalue weighted by atomic mass is 9.98. The number of hydrogen-bond acceptors (Lipinski definition) is 4. The quantitative estimate of drug-likeness (QED) is 0.748. The van der Waals surface area contributed by atoms with Crippen molar-refractivity contribution in [2.24, 2.45) is 0 Å². The molecule has 112 valence electrons. The van der Waals surface area contributed by atoms with Gasteiger partial charge < -0.3 is 10.1 Å². The SMILES string of the molecule is CCOC(=O)Nc1c(Cl)cccc1C(=N)C1=CCCNC1. The molecule has 5 nitrogen and oxygen atoms in total. The summed E-state index contributed by atoms with van der Waals surface area (Å²) in [7, 11) is 0. The molecule has 6 heteroatoms. The number of anilines is 1. The standard InChI is InChI=1S/C15H18ClN3O2/c1-2-21-15(20)19-14-11(6-3-7-12(14)16)13(17)10-5-4-8-18-9-10/h3,5-7,17-18H,2,4,8-9H2,1H3,(H,19,20). The smallest absolute Gasteiger partial charge is 0.411 e. The summed E-state index contributed by atoms with van der Waals surface area (Å²) in [6.45, 7) is 3.57. The van der Waals surface area contributed by atoms with Crippen LogP contribution < -0.4 is 10.6 Å². The third-order valence-corrected chi connectivity index (χ3v) is 3.45. The van der Waals surface area contributed by atoms with Crippen LogP contribution in [0, 0.1) is 5.41 Å². The van der Waals surface area contributed by atoms with Gasteiger partial charge in [0.1, 0.15) is 0 Å². The van der Waals surface area contributed by atoms with Crippen molar-refractivity contribution in [3.8, 4) is 0 Å². The summed E-state index contributed by atoms with van der Waals surface area (Å²) in [5, 5.41) is 14.6. The highest BCUT2D eigenvalue weighted by Gasteiger charge is 2.17. The fourth-order valence-corrected chi connectivity index (χ4v) is 2.36. The topological polar surface area (TPSA) is 74.2 Å². The number of nitrogens with one attached hydrogen (secondary N) is 3. The Balaban J connectivity index is 2.30. The molecule has 2 rings (SSSR count). The summed E-state index contributed by atoms with van der Waals surface area (Å²) in [5.41, 5.74) is 2.26. The van der Waals surface area contributed by atoms with Gasteiger partial charge >= 0.3 is 6.09 Å². The minimum atomic E-state index is -0.574. The predicted octanol–water partition coefficient (Wildman–Crippen LogP) is 3.20. The third-order valence-electron chi connectivity index (χ3n) is 3.13. The Morgan fingerprint density at radius 1 is 1.52 bits per heavy atom. The van der Waals surface area contributed by atoms with E-state index in [-0.39, 0.29) is 6.61 Å². The summed E-state index contributed by atoms with van der Waals surface area (Å²) in [6.07, 6.45) is 2.35. The second kappa shape index (κ2) is 7.24. The van der Waals surface area contributed by atoms with Gasteiger partial charge in [0.25, 0.3) is 0 Å². The van der Waals surface area contributed by atoms with Gasteiger partial charge in [-0.15, -0.1) is 0 Å². The molecule has 1 aromatic rings. The normalized spacial score (nSPS) is 14.3. The van der Waals surface area contributed by atoms with E-state index in [9.17, 15) is 4.79 Å². The zero-order valence-corrected chi connectivity index (χ0v) is 12.6. The maximum absolute atomic E-state index is 11.6. The molecule has 0 unspecified atom stereocenters. The lowest BCUT2D eigenvalue weighted by Gasteiger charge is -2.18. The summed E-state index contributed by atoms with van der Waals surface area (Å²) < 4.78 is 4.87. The first-order chi connectivity index (χ1) is 10.1. The van der Waals surface area contributed by atoms with Gasteiger partial charge in [-0.25, -0.2) is 4.79 Å². The predicted molar refractivity (Wildman–Crippen MR) is 84.5 cm³/mol. The van der Waals surface area contributed by atoms with Crippen LogP contribution in [0.5, 0.6) is 0 Å². The van der Waals surface area contributed by atoms with Crippen molar-refractivity contribution < 1.29 is 9.53 Å². The summed E-state index contributed by atoms with van der Waals surface area (Å²) >= 11 is 6.15. The van der Waals surface area contributed by atoms with Gasteiger partial charge in [-0.05, 0) is 31.5 Å². The van der Waals surface area contributed by atoms with Gasteiger partial charge in [0.2, 0.25) is 0 Å². The minimum absolute atomic E-state index is 0.276. The highest BCUT2D eigenvalue weighted by molar-refractivity contribution is 6.35. The summed E-state index contributed by atoms with van der Waals surface area (Å²) in [4.78, 5) is 11.6. The summed E-state index contributed by atoms with van der Waals surface area (Å²) in [5.74, 6) is 0. The number of halogens is 1. The van der Waals surface area contributed by atoms with Crippen LogP contribution in [0.4, 0.5) is 10.5 Å². The van der Waals surface area contributed by atoms with Crippen LogP contribution in [0.25, 0.3) is 0 Å². The first-order valence-electron chi connectivity index (χ1n) is 6.84. The number of ether oxygens (including phenoxy) is 1. The van der Waals surface area contributed by atoms with E-state index in [0.29, 0.717) is 28.5 Å². The number of hydrogen-bond donors (Lipinski definition) is 3. The van der Waals surface area contributed by atoms with Gasteiger partial charge in [0.05, 0.1) is 23.0 Å². The van der Waals surface area contributed by atoms with E-state index >= 15 is 0 Å². The van der Waals surface area contributed by atoms with Crippen LogP contribution in [0.3, 0.4) is 0 Å². The lowest BCUT2D eigenvalue weighted by Crippen LogP contribution is -2.26. The van der Waals surface area contributed by atoms with Crippen LogP contribution in [0.15, 0.2) is 29.8 Å². The van der Waals surface area contributed by atoms with Crippen LogP contribution in [-0.2, 0) is 4.74 Å². The van der Waals surface area contributed by atoms with Crippen molar-refractivity contribution in [2.45, 2.75) is 13.3 Å². The van der Waals surface area contributed by atoms with Crippen molar-refractivity contribution in [3.05, 3.63) is 40.4 Å². The first kappa shape index (κ1) is 15.5. The van der Waals surface area contributed by atoms with E-state index in [1.807, 2.05) is 6.08 Å². The zero-order chi connectivity index (χ0) is 15.2. The Labute approximate surface area is 128 Å². The maximum Gasteiger partial charge on any atom is 0.411 e. The Hall–Kier alpha value is -1.85. The average Bonchev–Trinajstić information content (AvgIpc) is 2.50. The van der Waals surface area contributed by atoms with Gasteiger partial charge in [-0.2, -0.15) is 0 Å². The van der Waals surface area contributed by atoms with E-state index in [0.717, 1.165) is 18.5 Å². The molecule has 0 spiro atoms. The minimum Gasteiger partial charge on any atom is -0.450 e. The average molecular weight is 308 g/mol. The van der Waals surface area contributed by atoms with E-state index < -0.39 is 6.09 Å². The van der Waals surface area contributed by atoms with E-state index in [2.05, 4.69) is 10.6 Å². The molecule has 1 amide bonds. The molecule has 1 aliphatic heterocycles. The van der Waals surface area contributed by atoms with Crippen molar-refractivity contribution in [3.63, 3.8) is 0 Å². The Morgan fingerprint density at radius 2 is 2.33 bits per heavy atom. The second-order valence-electron chi connectivity index (χ2n) is 4.58. The molecular formula is C15H18ClN3O2. The van der Waals surface area contributed by atoms with Crippen molar-refractivity contribution in [2.75, 3.05) is 25.0 Å². The number of carbonyl (C=O) groups excluding carboxylic acids is 1. The van der Waals surface area contributed by atoms with Crippen LogP contribution in [0.2, 0.25) is 5.02 Å². The number of benzene rings is 1.